The van der Waals surface area contributed by atoms with Gasteiger partial charge in [0.2, 0.25) is 5.91 Å². The number of sulfone groups is 1. The number of rotatable bonds is 4. The van der Waals surface area contributed by atoms with Crippen LogP contribution in [-0.4, -0.2) is 73.9 Å². The molecule has 2 saturated heterocycles. The van der Waals surface area contributed by atoms with Gasteiger partial charge in [0.05, 0.1) is 11.5 Å². The molecule has 0 aliphatic carbocycles. The fraction of sp³-hybridized carbons (Fsp3) is 0.529. The smallest absolute Gasteiger partial charge is 0.318 e. The summed E-state index contributed by atoms with van der Waals surface area (Å²) in [5.41, 5.74) is 1.18. The molecule has 0 radical (unpaired) electrons. The zero-order valence-corrected chi connectivity index (χ0v) is 14.9. The van der Waals surface area contributed by atoms with E-state index >= 15 is 0 Å². The Bertz CT molecular complexity index is 736. The standard InChI is InChI=1S/C17H23N3O4S/c21-16-12-20(17(22)18-15-7-11-25(23,24)13-15)10-9-19(16)8-6-14-4-2-1-3-5-14/h1-5,15H,6-13H2,(H,18,22)/t15-/m0/s1. The van der Waals surface area contributed by atoms with E-state index in [0.717, 1.165) is 6.42 Å². The maximum atomic E-state index is 12.3. The lowest BCUT2D eigenvalue weighted by molar-refractivity contribution is -0.134. The van der Waals surface area contributed by atoms with Gasteiger partial charge in [-0.3, -0.25) is 4.79 Å². The van der Waals surface area contributed by atoms with Gasteiger partial charge in [0, 0.05) is 25.7 Å². The Morgan fingerprint density at radius 1 is 1.20 bits per heavy atom. The molecular weight excluding hydrogens is 342 g/mol. The normalized spacial score (nSPS) is 22.9. The summed E-state index contributed by atoms with van der Waals surface area (Å²) in [6.07, 6.45) is 1.23. The Hall–Kier alpha value is -2.09. The lowest BCUT2D eigenvalue weighted by Crippen LogP contribution is -2.56. The van der Waals surface area contributed by atoms with E-state index in [1.54, 1.807) is 4.90 Å². The van der Waals surface area contributed by atoms with Crippen LogP contribution in [0.4, 0.5) is 4.79 Å². The van der Waals surface area contributed by atoms with Gasteiger partial charge in [0.15, 0.2) is 9.84 Å². The van der Waals surface area contributed by atoms with E-state index in [4.69, 9.17) is 0 Å². The number of nitrogens with one attached hydrogen (secondary N) is 1. The first kappa shape index (κ1) is 17.7. The summed E-state index contributed by atoms with van der Waals surface area (Å²) in [6, 6.07) is 9.28. The number of carbonyl (C=O) groups is 2. The molecule has 1 aromatic carbocycles. The van der Waals surface area contributed by atoms with Crippen molar-refractivity contribution in [1.29, 1.82) is 0 Å². The summed E-state index contributed by atoms with van der Waals surface area (Å²) in [6.45, 7) is 1.65. The Balaban J connectivity index is 1.46. The van der Waals surface area contributed by atoms with Crippen molar-refractivity contribution in [3.8, 4) is 0 Å². The van der Waals surface area contributed by atoms with Crippen molar-refractivity contribution in [2.45, 2.75) is 18.9 Å². The number of nitrogens with zero attached hydrogens (tertiary/aromatic N) is 2. The Kier molecular flexibility index (Phi) is 5.27. The summed E-state index contributed by atoms with van der Waals surface area (Å²) in [5, 5.41) is 2.73. The van der Waals surface area contributed by atoms with Crippen LogP contribution in [0.25, 0.3) is 0 Å². The van der Waals surface area contributed by atoms with Crippen molar-refractivity contribution in [3.05, 3.63) is 35.9 Å². The van der Waals surface area contributed by atoms with Crippen LogP contribution in [0.3, 0.4) is 0 Å². The largest absolute Gasteiger partial charge is 0.339 e. The molecule has 0 bridgehead atoms. The monoisotopic (exact) mass is 365 g/mol. The van der Waals surface area contributed by atoms with Crippen molar-refractivity contribution in [1.82, 2.24) is 15.1 Å². The average molecular weight is 365 g/mol. The fourth-order valence-electron chi connectivity index (χ4n) is 3.20. The maximum absolute atomic E-state index is 12.3. The summed E-state index contributed by atoms with van der Waals surface area (Å²) >= 11 is 0. The number of hydrogen-bond acceptors (Lipinski definition) is 4. The number of carbonyl (C=O) groups excluding carboxylic acids is 2. The molecule has 3 rings (SSSR count). The highest BCUT2D eigenvalue weighted by atomic mass is 32.2. The highest BCUT2D eigenvalue weighted by Gasteiger charge is 2.32. The molecule has 1 atom stereocenters. The summed E-state index contributed by atoms with van der Waals surface area (Å²) < 4.78 is 22.9. The molecule has 0 unspecified atom stereocenters. The zero-order valence-electron chi connectivity index (χ0n) is 14.1. The SMILES string of the molecule is O=C1CN(C(=O)N[C@H]2CCS(=O)(=O)C2)CCN1CCc1ccccc1. The number of urea groups is 1. The van der Waals surface area contributed by atoms with Crippen LogP contribution in [0.5, 0.6) is 0 Å². The lowest BCUT2D eigenvalue weighted by Gasteiger charge is -2.34. The molecule has 2 aliphatic heterocycles. The van der Waals surface area contributed by atoms with E-state index in [0.29, 0.717) is 26.1 Å². The van der Waals surface area contributed by atoms with Crippen molar-refractivity contribution >= 4 is 21.8 Å². The Morgan fingerprint density at radius 2 is 1.96 bits per heavy atom. The minimum absolute atomic E-state index is 0.0102. The Labute approximate surface area is 147 Å². The van der Waals surface area contributed by atoms with E-state index in [1.165, 1.54) is 10.5 Å². The van der Waals surface area contributed by atoms with Gasteiger partial charge in [-0.05, 0) is 18.4 Å². The quantitative estimate of drug-likeness (QED) is 0.830. The van der Waals surface area contributed by atoms with Crippen LogP contribution < -0.4 is 5.32 Å². The first-order valence-electron chi connectivity index (χ1n) is 8.50. The van der Waals surface area contributed by atoms with Crippen molar-refractivity contribution in [3.63, 3.8) is 0 Å². The van der Waals surface area contributed by atoms with E-state index in [1.807, 2.05) is 30.3 Å². The molecule has 136 valence electrons. The van der Waals surface area contributed by atoms with Crippen molar-refractivity contribution in [2.75, 3.05) is 37.7 Å². The maximum Gasteiger partial charge on any atom is 0.318 e. The van der Waals surface area contributed by atoms with Crippen LogP contribution in [0.2, 0.25) is 0 Å². The number of piperazine rings is 1. The number of amides is 3. The molecule has 1 N–H and O–H groups in total. The number of hydrogen-bond donors (Lipinski definition) is 1. The van der Waals surface area contributed by atoms with Gasteiger partial charge in [-0.2, -0.15) is 0 Å². The van der Waals surface area contributed by atoms with Crippen molar-refractivity contribution in [2.24, 2.45) is 0 Å². The number of benzene rings is 1. The zero-order chi connectivity index (χ0) is 17.9. The molecule has 0 aromatic heterocycles. The van der Waals surface area contributed by atoms with Crippen LogP contribution >= 0.6 is 0 Å². The van der Waals surface area contributed by atoms with Gasteiger partial charge in [-0.1, -0.05) is 30.3 Å². The average Bonchev–Trinajstić information content (AvgIpc) is 2.93. The van der Waals surface area contributed by atoms with Gasteiger partial charge in [-0.15, -0.1) is 0 Å². The molecule has 0 saturated carbocycles. The third kappa shape index (κ3) is 4.72. The van der Waals surface area contributed by atoms with Crippen LogP contribution in [0, 0.1) is 0 Å². The van der Waals surface area contributed by atoms with E-state index in [-0.39, 0.29) is 36.0 Å². The van der Waals surface area contributed by atoms with E-state index in [9.17, 15) is 18.0 Å². The first-order valence-corrected chi connectivity index (χ1v) is 10.3. The van der Waals surface area contributed by atoms with Gasteiger partial charge in [0.25, 0.3) is 0 Å². The summed E-state index contributed by atoms with van der Waals surface area (Å²) in [7, 11) is -3.03. The molecule has 7 nitrogen and oxygen atoms in total. The van der Waals surface area contributed by atoms with Crippen molar-refractivity contribution < 1.29 is 18.0 Å². The minimum Gasteiger partial charge on any atom is -0.339 e. The third-order valence-corrected chi connectivity index (χ3v) is 6.45. The molecule has 25 heavy (non-hydrogen) atoms. The highest BCUT2D eigenvalue weighted by Crippen LogP contribution is 2.12. The molecular formula is C17H23N3O4S. The van der Waals surface area contributed by atoms with Crippen LogP contribution in [-0.2, 0) is 21.1 Å². The second kappa shape index (κ2) is 7.43. The van der Waals surface area contributed by atoms with Crippen LogP contribution in [0.1, 0.15) is 12.0 Å². The molecule has 1 aromatic rings. The predicted octanol–water partition coefficient (Wildman–Crippen LogP) is 0.270. The van der Waals surface area contributed by atoms with Crippen LogP contribution in [0.15, 0.2) is 30.3 Å². The minimum atomic E-state index is -3.03. The van der Waals surface area contributed by atoms with Gasteiger partial charge >= 0.3 is 6.03 Å². The lowest BCUT2D eigenvalue weighted by atomic mass is 10.1. The van der Waals surface area contributed by atoms with E-state index in [2.05, 4.69) is 5.32 Å². The van der Waals surface area contributed by atoms with E-state index < -0.39 is 9.84 Å². The molecule has 2 heterocycles. The molecule has 2 fully saturated rings. The van der Waals surface area contributed by atoms with Gasteiger partial charge < -0.3 is 15.1 Å². The molecule has 3 amide bonds. The second-order valence-corrected chi connectivity index (χ2v) is 8.82. The molecule has 8 heteroatoms. The fourth-order valence-corrected chi connectivity index (χ4v) is 4.88. The van der Waals surface area contributed by atoms with Gasteiger partial charge in [-0.25, -0.2) is 13.2 Å². The first-order chi connectivity index (χ1) is 11.9. The molecule has 0 spiro atoms. The predicted molar refractivity (Wildman–Crippen MR) is 93.9 cm³/mol. The summed E-state index contributed by atoms with van der Waals surface area (Å²) in [5.74, 6) is 0.0322. The second-order valence-electron chi connectivity index (χ2n) is 6.59. The molecule has 2 aliphatic rings. The topological polar surface area (TPSA) is 86.8 Å². The van der Waals surface area contributed by atoms with Gasteiger partial charge in [0.1, 0.15) is 6.54 Å². The third-order valence-electron chi connectivity index (χ3n) is 4.68. The highest BCUT2D eigenvalue weighted by molar-refractivity contribution is 7.91. The summed E-state index contributed by atoms with van der Waals surface area (Å²) in [4.78, 5) is 27.8. The Morgan fingerprint density at radius 3 is 2.60 bits per heavy atom.